The van der Waals surface area contributed by atoms with Crippen molar-refractivity contribution in [1.29, 1.82) is 0 Å². The Labute approximate surface area is 202 Å². The number of amides is 3. The van der Waals surface area contributed by atoms with Gasteiger partial charge in [-0.2, -0.15) is 18.3 Å². The van der Waals surface area contributed by atoms with E-state index in [1.54, 1.807) is 24.4 Å². The zero-order valence-electron chi connectivity index (χ0n) is 19.1. The van der Waals surface area contributed by atoms with Crippen LogP contribution in [0.25, 0.3) is 21.9 Å². The fourth-order valence-electron chi connectivity index (χ4n) is 4.55. The van der Waals surface area contributed by atoms with E-state index in [1.807, 2.05) is 0 Å². The van der Waals surface area contributed by atoms with E-state index in [0.29, 0.717) is 22.1 Å². The molecule has 12 heteroatoms. The highest BCUT2D eigenvalue weighted by Crippen LogP contribution is 2.38. The molecular formula is C24H20F3N5O4. The molecule has 5 rings (SSSR count). The summed E-state index contributed by atoms with van der Waals surface area (Å²) in [6.45, 7) is -0.173. The zero-order chi connectivity index (χ0) is 25.8. The number of methoxy groups -OCH3 is 1. The molecule has 3 amide bonds. The summed E-state index contributed by atoms with van der Waals surface area (Å²) < 4.78 is 48.0. The maximum atomic E-state index is 13.5. The number of fused-ring (bicyclic) bond motifs is 1. The first-order chi connectivity index (χ1) is 17.0. The summed E-state index contributed by atoms with van der Waals surface area (Å²) in [5.41, 5.74) is -2.08. The summed E-state index contributed by atoms with van der Waals surface area (Å²) in [5, 5.41) is 20.6. The Kier molecular flexibility index (Phi) is 5.20. The molecule has 3 N–H and O–H groups in total. The minimum absolute atomic E-state index is 0.117. The van der Waals surface area contributed by atoms with E-state index >= 15 is 0 Å². The van der Waals surface area contributed by atoms with E-state index in [1.165, 1.54) is 43.0 Å². The minimum Gasteiger partial charge on any atom is -0.497 e. The molecule has 1 aliphatic rings. The predicted octanol–water partition coefficient (Wildman–Crippen LogP) is 3.51. The van der Waals surface area contributed by atoms with Gasteiger partial charge in [0.15, 0.2) is 11.4 Å². The number of alkyl halides is 3. The van der Waals surface area contributed by atoms with Crippen LogP contribution in [0.3, 0.4) is 0 Å². The van der Waals surface area contributed by atoms with E-state index in [9.17, 15) is 27.9 Å². The summed E-state index contributed by atoms with van der Waals surface area (Å²) >= 11 is 0. The van der Waals surface area contributed by atoms with Crippen LogP contribution in [-0.4, -0.2) is 38.5 Å². The number of benzene rings is 2. The Balaban J connectivity index is 1.56. The number of aromatic hydroxyl groups is 1. The molecule has 1 aliphatic heterocycles. The molecule has 2 aromatic carbocycles. The summed E-state index contributed by atoms with van der Waals surface area (Å²) in [5.74, 6) is -0.271. The second-order valence-corrected chi connectivity index (χ2v) is 8.45. The number of carbonyl (C=O) groups is 2. The molecule has 0 aliphatic carbocycles. The van der Waals surface area contributed by atoms with Gasteiger partial charge >= 0.3 is 12.2 Å². The van der Waals surface area contributed by atoms with Gasteiger partial charge in [-0.3, -0.25) is 14.8 Å². The Morgan fingerprint density at radius 1 is 1.14 bits per heavy atom. The van der Waals surface area contributed by atoms with Gasteiger partial charge < -0.3 is 19.7 Å². The van der Waals surface area contributed by atoms with Crippen molar-refractivity contribution in [2.24, 2.45) is 7.05 Å². The van der Waals surface area contributed by atoms with Crippen molar-refractivity contribution in [2.75, 3.05) is 7.11 Å². The van der Waals surface area contributed by atoms with Gasteiger partial charge in [-0.15, -0.1) is 0 Å². The lowest BCUT2D eigenvalue weighted by Crippen LogP contribution is -2.47. The highest BCUT2D eigenvalue weighted by Gasteiger charge is 2.48. The third-order valence-electron chi connectivity index (χ3n) is 6.31. The third-order valence-corrected chi connectivity index (χ3v) is 6.31. The molecule has 0 unspecified atom stereocenters. The van der Waals surface area contributed by atoms with Crippen LogP contribution < -0.4 is 15.4 Å². The normalized spacial score (nSPS) is 17.9. The number of hydrogen-bond donors (Lipinski definition) is 3. The van der Waals surface area contributed by atoms with Crippen LogP contribution in [0.15, 0.2) is 54.9 Å². The van der Waals surface area contributed by atoms with Crippen LogP contribution in [0.2, 0.25) is 0 Å². The first kappa shape index (κ1) is 23.3. The van der Waals surface area contributed by atoms with E-state index < -0.39 is 29.3 Å². The monoisotopic (exact) mass is 499 g/mol. The molecule has 36 heavy (non-hydrogen) atoms. The third kappa shape index (κ3) is 3.61. The van der Waals surface area contributed by atoms with Gasteiger partial charge in [0, 0.05) is 29.6 Å². The molecular weight excluding hydrogens is 479 g/mol. The Hall–Kier alpha value is -4.48. The zero-order valence-corrected chi connectivity index (χ0v) is 19.1. The SMILES string of the molecule is COc1ccc2cn(C[C@]3(c4ccc(-c5cnn(C)c5C(F)(F)F)cc4)NC(=O)NC3=O)c(O)c2c1. The molecule has 9 nitrogen and oxygen atoms in total. The lowest BCUT2D eigenvalue weighted by molar-refractivity contribution is -0.143. The lowest BCUT2D eigenvalue weighted by Gasteiger charge is -2.27. The fraction of sp³-hybridized carbons (Fsp3) is 0.208. The lowest BCUT2D eigenvalue weighted by atomic mass is 9.88. The molecule has 0 radical (unpaired) electrons. The van der Waals surface area contributed by atoms with Crippen molar-refractivity contribution in [2.45, 2.75) is 18.3 Å². The smallest absolute Gasteiger partial charge is 0.433 e. The number of aromatic nitrogens is 3. The average Bonchev–Trinajstić information content (AvgIpc) is 3.47. The fourth-order valence-corrected chi connectivity index (χ4v) is 4.55. The molecule has 1 atom stereocenters. The van der Waals surface area contributed by atoms with Gasteiger partial charge in [0.25, 0.3) is 5.91 Å². The molecule has 1 saturated heterocycles. The topological polar surface area (TPSA) is 110 Å². The second kappa shape index (κ2) is 8.04. The minimum atomic E-state index is -4.61. The first-order valence-electron chi connectivity index (χ1n) is 10.7. The number of hydrogen-bond acceptors (Lipinski definition) is 5. The van der Waals surface area contributed by atoms with Crippen molar-refractivity contribution in [3.63, 3.8) is 0 Å². The molecule has 0 spiro atoms. The number of ether oxygens (including phenoxy) is 1. The number of carbonyl (C=O) groups excluding carboxylic acids is 2. The van der Waals surface area contributed by atoms with E-state index in [4.69, 9.17) is 4.74 Å². The van der Waals surface area contributed by atoms with Crippen molar-refractivity contribution >= 4 is 22.7 Å². The second-order valence-electron chi connectivity index (χ2n) is 8.45. The molecule has 3 heterocycles. The number of nitrogens with zero attached hydrogens (tertiary/aromatic N) is 3. The van der Waals surface area contributed by atoms with Crippen LogP contribution >= 0.6 is 0 Å². The highest BCUT2D eigenvalue weighted by atomic mass is 19.4. The Bertz CT molecular complexity index is 1510. The predicted molar refractivity (Wildman–Crippen MR) is 122 cm³/mol. The maximum Gasteiger partial charge on any atom is 0.433 e. The molecule has 186 valence electrons. The quantitative estimate of drug-likeness (QED) is 0.364. The summed E-state index contributed by atoms with van der Waals surface area (Å²) in [6.07, 6.45) is -1.87. The van der Waals surface area contributed by atoms with Crippen molar-refractivity contribution in [3.05, 3.63) is 66.1 Å². The van der Waals surface area contributed by atoms with Crippen LogP contribution in [-0.2, 0) is 30.1 Å². The van der Waals surface area contributed by atoms with Gasteiger partial charge in [0.1, 0.15) is 11.4 Å². The van der Waals surface area contributed by atoms with Crippen LogP contribution in [0.5, 0.6) is 11.6 Å². The van der Waals surface area contributed by atoms with E-state index in [-0.39, 0.29) is 23.6 Å². The summed E-state index contributed by atoms with van der Waals surface area (Å²) in [6, 6.07) is 10.2. The summed E-state index contributed by atoms with van der Waals surface area (Å²) in [7, 11) is 2.70. The van der Waals surface area contributed by atoms with Gasteiger partial charge in [-0.05, 0) is 29.3 Å². The standard InChI is InChI=1S/C24H20F3N5O4/c1-31-19(24(25,26)27)18(10-28-31)13-3-6-15(7-4-13)23(21(34)29-22(35)30-23)12-32-11-14-5-8-16(36-2)9-17(14)20(32)33/h3-11,33H,12H2,1-2H3,(H2,29,30,34,35)/t23-/m1/s1. The van der Waals surface area contributed by atoms with Crippen molar-refractivity contribution in [3.8, 4) is 22.8 Å². The van der Waals surface area contributed by atoms with Crippen LogP contribution in [0.4, 0.5) is 18.0 Å². The van der Waals surface area contributed by atoms with E-state index in [2.05, 4.69) is 15.7 Å². The van der Waals surface area contributed by atoms with Gasteiger partial charge in [0.05, 0.1) is 19.9 Å². The first-order valence-corrected chi connectivity index (χ1v) is 10.7. The highest BCUT2D eigenvalue weighted by molar-refractivity contribution is 6.07. The largest absolute Gasteiger partial charge is 0.497 e. The Morgan fingerprint density at radius 3 is 2.47 bits per heavy atom. The number of urea groups is 1. The number of nitrogens with one attached hydrogen (secondary N) is 2. The molecule has 4 aromatic rings. The van der Waals surface area contributed by atoms with Crippen molar-refractivity contribution < 1.29 is 32.6 Å². The number of imide groups is 1. The number of halogens is 3. The Morgan fingerprint density at radius 2 is 1.86 bits per heavy atom. The molecule has 0 saturated carbocycles. The van der Waals surface area contributed by atoms with Crippen LogP contribution in [0.1, 0.15) is 11.3 Å². The van der Waals surface area contributed by atoms with Gasteiger partial charge in [-0.25, -0.2) is 4.79 Å². The van der Waals surface area contributed by atoms with Gasteiger partial charge in [-0.1, -0.05) is 24.3 Å². The van der Waals surface area contributed by atoms with Crippen molar-refractivity contribution in [1.82, 2.24) is 25.0 Å². The van der Waals surface area contributed by atoms with Crippen LogP contribution in [0, 0.1) is 0 Å². The average molecular weight is 499 g/mol. The molecule has 2 aromatic heterocycles. The van der Waals surface area contributed by atoms with E-state index in [0.717, 1.165) is 10.9 Å². The maximum absolute atomic E-state index is 13.5. The molecule has 0 bridgehead atoms. The summed E-state index contributed by atoms with van der Waals surface area (Å²) in [4.78, 5) is 25.2. The number of rotatable bonds is 5. The molecule has 1 fully saturated rings. The van der Waals surface area contributed by atoms with Gasteiger partial charge in [0.2, 0.25) is 0 Å². The number of aryl methyl sites for hydroxylation is 1.